The Bertz CT molecular complexity index is 696. The van der Waals surface area contributed by atoms with Gasteiger partial charge in [-0.15, -0.1) is 0 Å². The zero-order valence-corrected chi connectivity index (χ0v) is 15.5. The van der Waals surface area contributed by atoms with E-state index in [0.29, 0.717) is 25.2 Å². The van der Waals surface area contributed by atoms with Gasteiger partial charge in [0.25, 0.3) is 0 Å². The minimum atomic E-state index is -0.781. The molecule has 1 aromatic rings. The second-order valence-electron chi connectivity index (χ2n) is 7.49. The van der Waals surface area contributed by atoms with Crippen LogP contribution in [-0.2, 0) is 9.53 Å². The van der Waals surface area contributed by atoms with Crippen molar-refractivity contribution in [3.8, 4) is 11.8 Å². The van der Waals surface area contributed by atoms with Crippen LogP contribution in [0, 0.1) is 23.2 Å². The monoisotopic (exact) mass is 369 g/mol. The van der Waals surface area contributed by atoms with E-state index in [1.807, 2.05) is 36.4 Å². The molecular formula is C22H27NO4. The Kier molecular flexibility index (Phi) is 6.65. The van der Waals surface area contributed by atoms with Crippen molar-refractivity contribution >= 4 is 5.78 Å². The minimum Gasteiger partial charge on any atom is -0.485 e. The van der Waals surface area contributed by atoms with E-state index in [1.54, 1.807) is 6.08 Å². The maximum Gasteiger partial charge on any atom is 0.192 e. The predicted molar refractivity (Wildman–Crippen MR) is 101 cm³/mol. The number of ketones is 1. The Labute approximate surface area is 160 Å². The van der Waals surface area contributed by atoms with Gasteiger partial charge in [-0.05, 0) is 49.8 Å². The molecule has 0 bridgehead atoms. The van der Waals surface area contributed by atoms with Gasteiger partial charge in [0.05, 0.1) is 17.8 Å². The molecule has 0 radical (unpaired) electrons. The number of carbonyl (C=O) groups excluding carboxylic acids is 1. The lowest BCUT2D eigenvalue weighted by molar-refractivity contribution is -0.116. The van der Waals surface area contributed by atoms with Crippen molar-refractivity contribution in [1.82, 2.24) is 0 Å². The number of rotatable bonds is 9. The molecule has 2 aliphatic rings. The van der Waals surface area contributed by atoms with Crippen LogP contribution in [0.4, 0.5) is 0 Å². The maximum atomic E-state index is 12.1. The molecule has 1 unspecified atom stereocenters. The number of hydrogen-bond donors (Lipinski definition) is 1. The van der Waals surface area contributed by atoms with Gasteiger partial charge in [0.15, 0.2) is 12.4 Å². The van der Waals surface area contributed by atoms with Gasteiger partial charge in [0.1, 0.15) is 5.75 Å². The van der Waals surface area contributed by atoms with E-state index in [2.05, 4.69) is 6.07 Å². The lowest BCUT2D eigenvalue weighted by Crippen LogP contribution is -2.35. The van der Waals surface area contributed by atoms with Crippen LogP contribution in [-0.4, -0.2) is 35.8 Å². The number of fused-ring (bicyclic) bond motifs is 1. The summed E-state index contributed by atoms with van der Waals surface area (Å²) in [5.74, 6) is 0.777. The van der Waals surface area contributed by atoms with Crippen LogP contribution < -0.4 is 4.74 Å². The fourth-order valence-corrected chi connectivity index (χ4v) is 4.32. The van der Waals surface area contributed by atoms with Crippen LogP contribution in [0.1, 0.15) is 38.5 Å². The molecule has 2 saturated carbocycles. The third kappa shape index (κ3) is 4.97. The zero-order valence-electron chi connectivity index (χ0n) is 15.5. The summed E-state index contributed by atoms with van der Waals surface area (Å²) < 4.78 is 11.3. The highest BCUT2D eigenvalue weighted by Crippen LogP contribution is 2.52. The van der Waals surface area contributed by atoms with Crippen molar-refractivity contribution in [2.24, 2.45) is 11.8 Å². The molecule has 3 rings (SSSR count). The molecule has 2 fully saturated rings. The molecule has 0 saturated heterocycles. The van der Waals surface area contributed by atoms with Crippen LogP contribution in [0.3, 0.4) is 0 Å². The number of para-hydroxylation sites is 1. The Morgan fingerprint density at radius 1 is 1.33 bits per heavy atom. The summed E-state index contributed by atoms with van der Waals surface area (Å²) in [5, 5.41) is 19.7. The molecule has 1 N–H and O–H groups in total. The van der Waals surface area contributed by atoms with Crippen LogP contribution in [0.2, 0.25) is 0 Å². The van der Waals surface area contributed by atoms with Crippen molar-refractivity contribution in [3.63, 3.8) is 0 Å². The largest absolute Gasteiger partial charge is 0.485 e. The van der Waals surface area contributed by atoms with Crippen molar-refractivity contribution in [2.45, 2.75) is 50.2 Å². The number of nitrogens with zero attached hydrogens (tertiary/aromatic N) is 1. The van der Waals surface area contributed by atoms with E-state index in [-0.39, 0.29) is 30.3 Å². The summed E-state index contributed by atoms with van der Waals surface area (Å²) in [6.45, 7) is 0.566. The maximum absolute atomic E-state index is 12.1. The fourth-order valence-electron chi connectivity index (χ4n) is 4.32. The fraction of sp³-hybridized carbons (Fsp3) is 0.545. The lowest BCUT2D eigenvalue weighted by atomic mass is 9.86. The van der Waals surface area contributed by atoms with E-state index in [0.717, 1.165) is 25.7 Å². The Hall–Kier alpha value is -2.16. The number of aliphatic hydroxyl groups is 1. The number of unbranched alkanes of at least 4 members (excludes halogenated alkanes) is 1. The molecule has 5 nitrogen and oxygen atoms in total. The third-order valence-corrected chi connectivity index (χ3v) is 5.70. The molecule has 1 aromatic carbocycles. The van der Waals surface area contributed by atoms with Gasteiger partial charge < -0.3 is 14.6 Å². The molecule has 144 valence electrons. The SMILES string of the molecule is N#CCCCOC1C[C@H]2CC[C@@H](C=CC(=O)COc3ccccc3)[C@]2(O)C1. The van der Waals surface area contributed by atoms with Gasteiger partial charge in [-0.25, -0.2) is 0 Å². The van der Waals surface area contributed by atoms with Gasteiger partial charge >= 0.3 is 0 Å². The van der Waals surface area contributed by atoms with E-state index in [9.17, 15) is 9.90 Å². The Balaban J connectivity index is 1.48. The first kappa shape index (κ1) is 19.6. The van der Waals surface area contributed by atoms with E-state index in [1.165, 1.54) is 0 Å². The van der Waals surface area contributed by atoms with Crippen LogP contribution >= 0.6 is 0 Å². The lowest BCUT2D eigenvalue weighted by Gasteiger charge is -2.28. The number of hydrogen-bond acceptors (Lipinski definition) is 5. The first-order chi connectivity index (χ1) is 13.1. The predicted octanol–water partition coefficient (Wildman–Crippen LogP) is 3.43. The first-order valence-corrected chi connectivity index (χ1v) is 9.71. The molecule has 5 heteroatoms. The van der Waals surface area contributed by atoms with E-state index < -0.39 is 5.60 Å². The molecule has 0 amide bonds. The first-order valence-electron chi connectivity index (χ1n) is 9.71. The average Bonchev–Trinajstić information content (AvgIpc) is 3.15. The third-order valence-electron chi connectivity index (χ3n) is 5.70. The molecule has 4 atom stereocenters. The van der Waals surface area contributed by atoms with Crippen LogP contribution in [0.5, 0.6) is 5.75 Å². The highest BCUT2D eigenvalue weighted by molar-refractivity contribution is 5.91. The summed E-state index contributed by atoms with van der Waals surface area (Å²) in [4.78, 5) is 12.1. The van der Waals surface area contributed by atoms with Gasteiger partial charge in [0.2, 0.25) is 0 Å². The number of ether oxygens (including phenoxy) is 2. The van der Waals surface area contributed by atoms with Crippen molar-refractivity contribution in [1.29, 1.82) is 5.26 Å². The van der Waals surface area contributed by atoms with E-state index in [4.69, 9.17) is 14.7 Å². The van der Waals surface area contributed by atoms with Crippen LogP contribution in [0.25, 0.3) is 0 Å². The van der Waals surface area contributed by atoms with Gasteiger partial charge in [-0.3, -0.25) is 4.79 Å². The topological polar surface area (TPSA) is 79.5 Å². The second-order valence-corrected chi connectivity index (χ2v) is 7.49. The van der Waals surface area contributed by atoms with Gasteiger partial charge in [-0.1, -0.05) is 24.3 Å². The normalized spacial score (nSPS) is 29.6. The number of benzene rings is 1. The van der Waals surface area contributed by atoms with Crippen molar-refractivity contribution in [3.05, 3.63) is 42.5 Å². The molecule has 0 aliphatic heterocycles. The summed E-state index contributed by atoms with van der Waals surface area (Å²) in [7, 11) is 0. The smallest absolute Gasteiger partial charge is 0.192 e. The Morgan fingerprint density at radius 2 is 2.15 bits per heavy atom. The van der Waals surface area contributed by atoms with Crippen molar-refractivity contribution in [2.75, 3.05) is 13.2 Å². The van der Waals surface area contributed by atoms with Crippen LogP contribution in [0.15, 0.2) is 42.5 Å². The second kappa shape index (κ2) is 9.16. The van der Waals surface area contributed by atoms with Gasteiger partial charge in [0, 0.05) is 25.4 Å². The molecule has 0 aromatic heterocycles. The van der Waals surface area contributed by atoms with Gasteiger partial charge in [-0.2, -0.15) is 5.26 Å². The Morgan fingerprint density at radius 3 is 2.93 bits per heavy atom. The summed E-state index contributed by atoms with van der Waals surface area (Å²) in [5.41, 5.74) is -0.781. The zero-order chi connectivity index (χ0) is 19.1. The summed E-state index contributed by atoms with van der Waals surface area (Å²) in [6.07, 6.45) is 8.00. The minimum absolute atomic E-state index is 0.000279. The molecule has 2 aliphatic carbocycles. The summed E-state index contributed by atoms with van der Waals surface area (Å²) >= 11 is 0. The number of nitriles is 1. The average molecular weight is 369 g/mol. The highest BCUT2D eigenvalue weighted by atomic mass is 16.5. The quantitative estimate of drug-likeness (QED) is 0.533. The standard InChI is InChI=1S/C22H27NO4/c23-12-4-5-13-26-21-14-18-9-8-17(22(18,25)15-21)10-11-19(24)16-27-20-6-2-1-3-7-20/h1-3,6-7,10-11,17-18,21,25H,4-5,8-9,13-16H2/t17-,18+,21?,22+/m0/s1. The van der Waals surface area contributed by atoms with Crippen molar-refractivity contribution < 1.29 is 19.4 Å². The molecule has 27 heavy (non-hydrogen) atoms. The molecule has 0 heterocycles. The molecule has 0 spiro atoms. The number of carbonyl (C=O) groups is 1. The summed E-state index contributed by atoms with van der Waals surface area (Å²) in [6, 6.07) is 11.4. The molecular weight excluding hydrogens is 342 g/mol. The highest BCUT2D eigenvalue weighted by Gasteiger charge is 2.54. The van der Waals surface area contributed by atoms with E-state index >= 15 is 0 Å².